The molecule has 0 atom stereocenters. The molecule has 0 aliphatic carbocycles. The van der Waals surface area contributed by atoms with Crippen LogP contribution in [0.2, 0.25) is 0 Å². The predicted octanol–water partition coefficient (Wildman–Crippen LogP) is 3.02. The van der Waals surface area contributed by atoms with Crippen molar-refractivity contribution in [2.75, 3.05) is 19.0 Å². The number of para-hydroxylation sites is 2. The first-order valence-electron chi connectivity index (χ1n) is 6.16. The largest absolute Gasteiger partial charge is 0.490 e. The lowest BCUT2D eigenvalue weighted by Gasteiger charge is -2.11. The second-order valence-electron chi connectivity index (χ2n) is 3.87. The summed E-state index contributed by atoms with van der Waals surface area (Å²) in [4.78, 5) is 8.47. The third-order valence-electron chi connectivity index (χ3n) is 2.43. The van der Waals surface area contributed by atoms with Crippen LogP contribution in [-0.4, -0.2) is 23.6 Å². The third kappa shape index (κ3) is 3.34. The molecule has 19 heavy (non-hydrogen) atoms. The van der Waals surface area contributed by atoms with Gasteiger partial charge in [-0.05, 0) is 26.0 Å². The van der Waals surface area contributed by atoms with Gasteiger partial charge in [0.2, 0.25) is 5.88 Å². The standard InChI is InChI=1S/C14H17N3O2/c1-4-18-11-7-5-6-8-12(11)19-14-9-13(15-3)16-10(2)17-14/h5-9H,4H2,1-3H3,(H,15,16,17). The van der Waals surface area contributed by atoms with E-state index in [0.717, 1.165) is 5.82 Å². The first-order chi connectivity index (χ1) is 9.22. The summed E-state index contributed by atoms with van der Waals surface area (Å²) in [5.41, 5.74) is 0. The number of anilines is 1. The monoisotopic (exact) mass is 259 g/mol. The number of ether oxygens (including phenoxy) is 2. The van der Waals surface area contributed by atoms with E-state index in [-0.39, 0.29) is 0 Å². The number of nitrogens with one attached hydrogen (secondary N) is 1. The molecule has 100 valence electrons. The number of benzene rings is 1. The van der Waals surface area contributed by atoms with Crippen molar-refractivity contribution in [2.24, 2.45) is 0 Å². The quantitative estimate of drug-likeness (QED) is 0.894. The van der Waals surface area contributed by atoms with Gasteiger partial charge in [-0.15, -0.1) is 0 Å². The molecule has 0 spiro atoms. The van der Waals surface area contributed by atoms with Gasteiger partial charge < -0.3 is 14.8 Å². The van der Waals surface area contributed by atoms with Crippen molar-refractivity contribution in [1.29, 1.82) is 0 Å². The molecule has 0 saturated carbocycles. The van der Waals surface area contributed by atoms with Crippen molar-refractivity contribution in [3.63, 3.8) is 0 Å². The van der Waals surface area contributed by atoms with Crippen molar-refractivity contribution in [2.45, 2.75) is 13.8 Å². The molecule has 0 bridgehead atoms. The van der Waals surface area contributed by atoms with E-state index in [2.05, 4.69) is 15.3 Å². The highest BCUT2D eigenvalue weighted by Crippen LogP contribution is 2.30. The third-order valence-corrected chi connectivity index (χ3v) is 2.43. The van der Waals surface area contributed by atoms with Gasteiger partial charge in [0.15, 0.2) is 11.5 Å². The molecule has 5 heteroatoms. The Kier molecular flexibility index (Phi) is 4.18. The Morgan fingerprint density at radius 3 is 2.58 bits per heavy atom. The van der Waals surface area contributed by atoms with Gasteiger partial charge in [0.25, 0.3) is 0 Å². The van der Waals surface area contributed by atoms with Crippen molar-refractivity contribution < 1.29 is 9.47 Å². The summed E-state index contributed by atoms with van der Waals surface area (Å²) in [5, 5.41) is 2.97. The smallest absolute Gasteiger partial charge is 0.224 e. The van der Waals surface area contributed by atoms with E-state index in [1.54, 1.807) is 13.1 Å². The van der Waals surface area contributed by atoms with E-state index in [4.69, 9.17) is 9.47 Å². The Morgan fingerprint density at radius 1 is 1.16 bits per heavy atom. The highest BCUT2D eigenvalue weighted by atomic mass is 16.5. The van der Waals surface area contributed by atoms with Crippen LogP contribution in [0.3, 0.4) is 0 Å². The van der Waals surface area contributed by atoms with Crippen LogP contribution in [0.15, 0.2) is 30.3 Å². The first-order valence-corrected chi connectivity index (χ1v) is 6.16. The molecule has 1 heterocycles. The van der Waals surface area contributed by atoms with Crippen LogP contribution >= 0.6 is 0 Å². The average Bonchev–Trinajstić information content (AvgIpc) is 2.40. The normalized spacial score (nSPS) is 10.1. The Hall–Kier alpha value is -2.30. The van der Waals surface area contributed by atoms with Crippen molar-refractivity contribution in [3.05, 3.63) is 36.2 Å². The first kappa shape index (κ1) is 13.1. The lowest BCUT2D eigenvalue weighted by atomic mass is 10.3. The highest BCUT2D eigenvalue weighted by Gasteiger charge is 2.07. The summed E-state index contributed by atoms with van der Waals surface area (Å²) in [6, 6.07) is 9.26. The van der Waals surface area contributed by atoms with Gasteiger partial charge in [-0.3, -0.25) is 0 Å². The maximum Gasteiger partial charge on any atom is 0.224 e. The van der Waals surface area contributed by atoms with E-state index >= 15 is 0 Å². The summed E-state index contributed by atoms with van der Waals surface area (Å²) < 4.78 is 11.3. The Bertz CT molecular complexity index is 558. The molecular formula is C14H17N3O2. The van der Waals surface area contributed by atoms with E-state index in [0.29, 0.717) is 29.8 Å². The van der Waals surface area contributed by atoms with Gasteiger partial charge in [-0.25, -0.2) is 4.98 Å². The van der Waals surface area contributed by atoms with Gasteiger partial charge in [0.1, 0.15) is 11.6 Å². The molecule has 0 aliphatic rings. The summed E-state index contributed by atoms with van der Waals surface area (Å²) >= 11 is 0. The van der Waals surface area contributed by atoms with E-state index in [9.17, 15) is 0 Å². The molecular weight excluding hydrogens is 242 g/mol. The van der Waals surface area contributed by atoms with Crippen LogP contribution in [-0.2, 0) is 0 Å². The zero-order chi connectivity index (χ0) is 13.7. The van der Waals surface area contributed by atoms with Crippen LogP contribution in [0.5, 0.6) is 17.4 Å². The fourth-order valence-electron chi connectivity index (χ4n) is 1.64. The van der Waals surface area contributed by atoms with Crippen molar-refractivity contribution in [1.82, 2.24) is 9.97 Å². The van der Waals surface area contributed by atoms with E-state index < -0.39 is 0 Å². The molecule has 2 aromatic rings. The Morgan fingerprint density at radius 2 is 1.89 bits per heavy atom. The van der Waals surface area contributed by atoms with Crippen LogP contribution < -0.4 is 14.8 Å². The van der Waals surface area contributed by atoms with Crippen LogP contribution in [0, 0.1) is 6.92 Å². The SMILES string of the molecule is CCOc1ccccc1Oc1cc(NC)nc(C)n1. The summed E-state index contributed by atoms with van der Waals surface area (Å²) in [5.74, 6) is 3.20. The number of hydrogen-bond donors (Lipinski definition) is 1. The minimum atomic E-state index is 0.490. The summed E-state index contributed by atoms with van der Waals surface area (Å²) in [6.45, 7) is 4.35. The van der Waals surface area contributed by atoms with Crippen molar-refractivity contribution in [3.8, 4) is 17.4 Å². The lowest BCUT2D eigenvalue weighted by Crippen LogP contribution is -2.00. The molecule has 0 fully saturated rings. The van der Waals surface area contributed by atoms with Gasteiger partial charge >= 0.3 is 0 Å². The maximum atomic E-state index is 5.77. The second kappa shape index (κ2) is 6.04. The second-order valence-corrected chi connectivity index (χ2v) is 3.87. The maximum absolute atomic E-state index is 5.77. The zero-order valence-corrected chi connectivity index (χ0v) is 11.3. The van der Waals surface area contributed by atoms with E-state index in [1.807, 2.05) is 38.1 Å². The molecule has 2 rings (SSSR count). The molecule has 0 unspecified atom stereocenters. The molecule has 0 amide bonds. The number of rotatable bonds is 5. The lowest BCUT2D eigenvalue weighted by molar-refractivity contribution is 0.319. The Balaban J connectivity index is 2.28. The molecule has 1 aromatic carbocycles. The zero-order valence-electron chi connectivity index (χ0n) is 11.3. The minimum absolute atomic E-state index is 0.490. The number of aromatic nitrogens is 2. The number of hydrogen-bond acceptors (Lipinski definition) is 5. The number of nitrogens with zero attached hydrogens (tertiary/aromatic N) is 2. The van der Waals surface area contributed by atoms with Gasteiger partial charge in [-0.2, -0.15) is 4.98 Å². The summed E-state index contributed by atoms with van der Waals surface area (Å²) in [7, 11) is 1.81. The molecule has 0 aliphatic heterocycles. The van der Waals surface area contributed by atoms with Crippen LogP contribution in [0.25, 0.3) is 0 Å². The van der Waals surface area contributed by atoms with Crippen molar-refractivity contribution >= 4 is 5.82 Å². The highest BCUT2D eigenvalue weighted by molar-refractivity contribution is 5.44. The van der Waals surface area contributed by atoms with Gasteiger partial charge in [0, 0.05) is 13.1 Å². The van der Waals surface area contributed by atoms with Gasteiger partial charge in [-0.1, -0.05) is 12.1 Å². The molecule has 1 aromatic heterocycles. The summed E-state index contributed by atoms with van der Waals surface area (Å²) in [6.07, 6.45) is 0. The van der Waals surface area contributed by atoms with Crippen LogP contribution in [0.4, 0.5) is 5.82 Å². The van der Waals surface area contributed by atoms with Gasteiger partial charge in [0.05, 0.1) is 6.61 Å². The molecule has 0 saturated heterocycles. The molecule has 1 N–H and O–H groups in total. The Labute approximate surface area is 112 Å². The predicted molar refractivity (Wildman–Crippen MR) is 74.0 cm³/mol. The fraction of sp³-hybridized carbons (Fsp3) is 0.286. The number of aryl methyl sites for hydroxylation is 1. The van der Waals surface area contributed by atoms with Crippen LogP contribution in [0.1, 0.15) is 12.7 Å². The molecule has 0 radical (unpaired) electrons. The average molecular weight is 259 g/mol. The topological polar surface area (TPSA) is 56.3 Å². The fourth-order valence-corrected chi connectivity index (χ4v) is 1.64. The molecule has 5 nitrogen and oxygen atoms in total. The minimum Gasteiger partial charge on any atom is -0.490 e. The van der Waals surface area contributed by atoms with E-state index in [1.165, 1.54) is 0 Å².